The van der Waals surface area contributed by atoms with E-state index in [1.165, 1.54) is 0 Å². The molecule has 0 radical (unpaired) electrons. The first kappa shape index (κ1) is 5.46. The molecule has 1 N–H and O–H groups in total. The Labute approximate surface area is 156 Å². The summed E-state index contributed by atoms with van der Waals surface area (Å²) in [6.07, 6.45) is -11.4. The van der Waals surface area contributed by atoms with Crippen LogP contribution in [0.2, 0.25) is 0 Å². The molecule has 23 heavy (non-hydrogen) atoms. The summed E-state index contributed by atoms with van der Waals surface area (Å²) >= 11 is 0. The summed E-state index contributed by atoms with van der Waals surface area (Å²) in [5, 5.41) is 5.00. The maximum absolute atomic E-state index is 13.5. The van der Waals surface area contributed by atoms with Crippen LogP contribution in [0.3, 0.4) is 0 Å². The zero-order valence-electron chi connectivity index (χ0n) is 26.7. The first-order valence-electron chi connectivity index (χ1n) is 14.5. The van der Waals surface area contributed by atoms with Gasteiger partial charge in [0.05, 0.1) is 27.6 Å². The van der Waals surface area contributed by atoms with Crippen molar-refractivity contribution >= 4 is 5.78 Å². The second kappa shape index (κ2) is 4.08. The molecule has 0 aromatic heterocycles. The Morgan fingerprint density at radius 2 is 2.61 bits per heavy atom. The minimum atomic E-state index is -3.33. The average Bonchev–Trinajstić information content (AvgIpc) is 3.01. The van der Waals surface area contributed by atoms with Crippen LogP contribution in [0.1, 0.15) is 49.5 Å². The Bertz CT molecular complexity index is 1280. The molecule has 1 saturated carbocycles. The summed E-state index contributed by atoms with van der Waals surface area (Å²) in [4.78, 5) is 13.9. The number of benzene rings is 1. The van der Waals surface area contributed by atoms with E-state index in [1.54, 1.807) is 0 Å². The van der Waals surface area contributed by atoms with Crippen LogP contribution < -0.4 is 9.47 Å². The van der Waals surface area contributed by atoms with Crippen LogP contribution in [0, 0.1) is 0 Å². The van der Waals surface area contributed by atoms with E-state index in [1.807, 2.05) is 0 Å². The molecule has 1 saturated heterocycles. The molecule has 1 unspecified atom stereocenters. The number of likely N-dealkylation sites (N-methyl/N-ethyl adjacent to an activating group) is 1. The fourth-order valence-electron chi connectivity index (χ4n) is 4.12. The number of ether oxygens (including phenoxy) is 2. The standard InChI is InChI=1S/C18H21NO4/c1-19-8-7-17-14-10-3-4-12(22-2)15(14)23-16(17)11(20)5-6-18(17,21)13(19)9-10/h3-4,13,16,21H,5-9H2,1-2H3/t13-,16?,17+,18-/m1/s1/i1D3,2D3,3D,4D,5D2,9D2,13D,16D,21D. The van der Waals surface area contributed by atoms with Gasteiger partial charge in [-0.25, -0.2) is 0 Å². The number of likely N-dealkylation sites (tertiary alicyclic amines) is 1. The number of piperidine rings is 1. The first-order valence-corrected chi connectivity index (χ1v) is 7.05. The molecule has 2 aliphatic heterocycles. The number of hydrogen-bond donors (Lipinski definition) is 1. The van der Waals surface area contributed by atoms with Gasteiger partial charge in [0.25, 0.3) is 0 Å². The van der Waals surface area contributed by atoms with Gasteiger partial charge in [0.15, 0.2) is 23.4 Å². The van der Waals surface area contributed by atoms with Crippen molar-refractivity contribution in [2.75, 3.05) is 20.6 Å². The van der Waals surface area contributed by atoms with Crippen LogP contribution in [0.25, 0.3) is 0 Å². The smallest absolute Gasteiger partial charge is 0.211 e. The fourth-order valence-corrected chi connectivity index (χ4v) is 4.12. The third-order valence-corrected chi connectivity index (χ3v) is 5.10. The van der Waals surface area contributed by atoms with E-state index >= 15 is 0 Å². The van der Waals surface area contributed by atoms with E-state index < -0.39 is 110 Å². The Morgan fingerprint density at radius 1 is 1.65 bits per heavy atom. The summed E-state index contributed by atoms with van der Waals surface area (Å²) in [7, 11) is -3.24. The summed E-state index contributed by atoms with van der Waals surface area (Å²) in [5.74, 6) is -3.26. The fraction of sp³-hybridized carbons (Fsp3) is 0.611. The minimum absolute atomic E-state index is 0.378. The van der Waals surface area contributed by atoms with Crippen molar-refractivity contribution in [1.82, 2.24) is 4.90 Å². The largest absolute Gasteiger partial charge is 0.493 e. The molecular weight excluding hydrogens is 294 g/mol. The van der Waals surface area contributed by atoms with Gasteiger partial charge in [-0.2, -0.15) is 0 Å². The van der Waals surface area contributed by atoms with Crippen LogP contribution >= 0.6 is 0 Å². The summed E-state index contributed by atoms with van der Waals surface area (Å²) in [5.41, 5.74) is -6.74. The molecule has 2 heterocycles. The number of carbonyl (C=O) groups excluding carboxylic acids is 1. The molecular formula is C18H21NO4. The number of carbonyl (C=O) groups is 1. The van der Waals surface area contributed by atoms with Gasteiger partial charge in [0, 0.05) is 27.5 Å². The zero-order chi connectivity index (χ0) is 28.9. The molecule has 2 aliphatic carbocycles. The second-order valence-corrected chi connectivity index (χ2v) is 5.98. The number of Topliss-reactive ketones (excluding diaryl/α,β-unsaturated/α-hetero) is 1. The molecule has 4 aliphatic rings. The SMILES string of the molecule is [2H]O[C@@]12CC([2H])([2H])C(=O)C3([2H])Oc4c(OC([2H])([2H])[2H])c([2H])c([2H])c5c4[C@@]31CCN(C([2H])([2H])[2H])[C@]2([2H])C5([2H])[2H]. The van der Waals surface area contributed by atoms with Gasteiger partial charge in [-0.15, -0.1) is 0 Å². The normalized spacial score (nSPS) is 61.9. The lowest BCUT2D eigenvalue weighted by Crippen LogP contribution is -2.76. The molecule has 2 fully saturated rings. The molecule has 1 aromatic rings. The molecule has 5 nitrogen and oxygen atoms in total. The predicted octanol–water partition coefficient (Wildman–Crippen LogP) is 1.05. The van der Waals surface area contributed by atoms with Crippen molar-refractivity contribution in [3.8, 4) is 11.5 Å². The van der Waals surface area contributed by atoms with E-state index in [2.05, 4.69) is 0 Å². The number of hydrogen-bond acceptors (Lipinski definition) is 5. The third kappa shape index (κ3) is 1.32. The van der Waals surface area contributed by atoms with Gasteiger partial charge >= 0.3 is 0 Å². The average molecular weight is 330 g/mol. The van der Waals surface area contributed by atoms with Gasteiger partial charge < -0.3 is 19.5 Å². The molecule has 1 aromatic carbocycles. The van der Waals surface area contributed by atoms with Gasteiger partial charge in [-0.05, 0) is 44.3 Å². The monoisotopic (exact) mass is 330 g/mol. The van der Waals surface area contributed by atoms with E-state index in [0.717, 1.165) is 0 Å². The van der Waals surface area contributed by atoms with E-state index in [9.17, 15) is 7.54 Å². The molecule has 122 valence electrons. The Morgan fingerprint density at radius 3 is 3.43 bits per heavy atom. The quantitative estimate of drug-likeness (QED) is 0.878. The lowest BCUT2D eigenvalue weighted by Gasteiger charge is -2.62. The number of rotatable bonds is 2. The lowest BCUT2D eigenvalue weighted by molar-refractivity contribution is -0.185. The van der Waals surface area contributed by atoms with E-state index in [0.29, 0.717) is 4.90 Å². The zero-order valence-corrected chi connectivity index (χ0v) is 11.7. The van der Waals surface area contributed by atoms with Crippen LogP contribution in [-0.4, -0.2) is 55.5 Å². The maximum Gasteiger partial charge on any atom is 0.211 e. The van der Waals surface area contributed by atoms with Crippen molar-refractivity contribution in [1.29, 1.82) is 1.43 Å². The Balaban J connectivity index is 2.05. The van der Waals surface area contributed by atoms with E-state index in [-0.39, 0.29) is 0 Å². The number of aliphatic hydroxyl groups is 1. The van der Waals surface area contributed by atoms with Crippen molar-refractivity contribution in [2.24, 2.45) is 0 Å². The summed E-state index contributed by atoms with van der Waals surface area (Å²) in [6.45, 7) is -3.90. The molecule has 2 bridgehead atoms. The van der Waals surface area contributed by atoms with Gasteiger partial charge in [0.2, 0.25) is 1.43 Å². The molecule has 4 atom stereocenters. The molecule has 5 rings (SSSR count). The number of nitrogens with zero attached hydrogens (tertiary/aromatic N) is 1. The highest BCUT2D eigenvalue weighted by Gasteiger charge is 2.72. The van der Waals surface area contributed by atoms with Crippen molar-refractivity contribution < 1.29 is 38.6 Å². The number of ketones is 1. The molecule has 5 heteroatoms. The van der Waals surface area contributed by atoms with Crippen LogP contribution in [0.15, 0.2) is 12.1 Å². The van der Waals surface area contributed by atoms with Gasteiger partial charge in [-0.1, -0.05) is 6.04 Å². The molecule has 0 amide bonds. The van der Waals surface area contributed by atoms with Crippen LogP contribution in [0.5, 0.6) is 11.5 Å². The van der Waals surface area contributed by atoms with Crippen LogP contribution in [-0.2, 0) is 16.6 Å². The predicted molar refractivity (Wildman–Crippen MR) is 83.0 cm³/mol. The summed E-state index contributed by atoms with van der Waals surface area (Å²) < 4.78 is 136. The number of methoxy groups -OCH3 is 1. The molecule has 1 spiro atoms. The van der Waals surface area contributed by atoms with Crippen molar-refractivity contribution in [3.05, 3.63) is 23.2 Å². The lowest BCUT2D eigenvalue weighted by atomic mass is 9.49. The van der Waals surface area contributed by atoms with Crippen molar-refractivity contribution in [3.63, 3.8) is 0 Å². The van der Waals surface area contributed by atoms with Crippen molar-refractivity contribution in [2.45, 2.75) is 48.7 Å². The minimum Gasteiger partial charge on any atom is -0.493 e. The van der Waals surface area contributed by atoms with E-state index in [4.69, 9.17) is 32.5 Å². The van der Waals surface area contributed by atoms with Crippen LogP contribution in [0.4, 0.5) is 0 Å². The first-order chi connectivity index (χ1) is 17.0. The highest BCUT2D eigenvalue weighted by molar-refractivity contribution is 5.90. The van der Waals surface area contributed by atoms with Gasteiger partial charge in [-0.3, -0.25) is 4.79 Å². The summed E-state index contributed by atoms with van der Waals surface area (Å²) in [6, 6.07) is -5.31. The second-order valence-electron chi connectivity index (χ2n) is 5.98. The Hall–Kier alpha value is -1.59. The topological polar surface area (TPSA) is 59.0 Å². The third-order valence-electron chi connectivity index (χ3n) is 5.10. The Kier molecular flexibility index (Phi) is 0.969. The maximum atomic E-state index is 13.5. The highest BCUT2D eigenvalue weighted by Crippen LogP contribution is 2.64. The van der Waals surface area contributed by atoms with Gasteiger partial charge in [0.1, 0.15) is 0 Å². The highest BCUT2D eigenvalue weighted by atomic mass is 16.5.